The Bertz CT molecular complexity index is 1390. The minimum absolute atomic E-state index is 0.191. The van der Waals surface area contributed by atoms with Crippen LogP contribution in [0.15, 0.2) is 47.3 Å². The van der Waals surface area contributed by atoms with Crippen LogP contribution < -0.4 is 24.3 Å². The monoisotopic (exact) mass is 507 g/mol. The average Bonchev–Trinajstić information content (AvgIpc) is 3.40. The molecule has 0 radical (unpaired) electrons. The minimum atomic E-state index is -0.191. The molecule has 0 aliphatic carbocycles. The first-order valence-corrected chi connectivity index (χ1v) is 13.3. The Labute approximate surface area is 215 Å². The number of benzene rings is 2. The molecule has 8 heteroatoms. The lowest BCUT2D eigenvalue weighted by Gasteiger charge is -2.13. The van der Waals surface area contributed by atoms with Crippen LogP contribution in [-0.4, -0.2) is 34.4 Å². The highest BCUT2D eigenvalue weighted by atomic mass is 32.1. The third-order valence-corrected chi connectivity index (χ3v) is 6.54. The highest BCUT2D eigenvalue weighted by Gasteiger charge is 2.13. The van der Waals surface area contributed by atoms with Gasteiger partial charge in [-0.3, -0.25) is 4.79 Å². The van der Waals surface area contributed by atoms with Gasteiger partial charge in [-0.05, 0) is 73.7 Å². The van der Waals surface area contributed by atoms with Crippen LogP contribution in [0, 0.1) is 5.92 Å². The largest absolute Gasteiger partial charge is 0.494 e. The smallest absolute Gasteiger partial charge is 0.291 e. The second kappa shape index (κ2) is 12.0. The molecule has 2 aromatic heterocycles. The molecule has 0 aliphatic rings. The van der Waals surface area contributed by atoms with Gasteiger partial charge in [0.2, 0.25) is 4.96 Å². The van der Waals surface area contributed by atoms with E-state index in [9.17, 15) is 4.79 Å². The van der Waals surface area contributed by atoms with E-state index in [0.717, 1.165) is 36.1 Å². The van der Waals surface area contributed by atoms with Gasteiger partial charge < -0.3 is 14.2 Å². The summed E-state index contributed by atoms with van der Waals surface area (Å²) in [6.07, 6.45) is 4.93. The van der Waals surface area contributed by atoms with Crippen LogP contribution in [0.4, 0.5) is 0 Å². The predicted molar refractivity (Wildman–Crippen MR) is 144 cm³/mol. The maximum Gasteiger partial charge on any atom is 0.291 e. The summed E-state index contributed by atoms with van der Waals surface area (Å²) in [5.41, 5.74) is 1.51. The van der Waals surface area contributed by atoms with E-state index in [1.165, 1.54) is 15.9 Å². The van der Waals surface area contributed by atoms with Gasteiger partial charge in [-0.2, -0.15) is 9.50 Å². The molecule has 2 aromatic carbocycles. The molecule has 0 amide bonds. The predicted octanol–water partition coefficient (Wildman–Crippen LogP) is 5.37. The lowest BCUT2D eigenvalue weighted by molar-refractivity contribution is 0.261. The molecule has 190 valence electrons. The van der Waals surface area contributed by atoms with Crippen molar-refractivity contribution in [1.82, 2.24) is 14.6 Å². The maximum atomic E-state index is 13.0. The number of aromatic nitrogens is 3. The summed E-state index contributed by atoms with van der Waals surface area (Å²) in [4.78, 5) is 18.2. The van der Waals surface area contributed by atoms with Crippen LogP contribution in [0.1, 0.15) is 52.5 Å². The Morgan fingerprint density at radius 2 is 1.81 bits per heavy atom. The lowest BCUT2D eigenvalue weighted by atomic mass is 10.1. The molecule has 0 fully saturated rings. The van der Waals surface area contributed by atoms with Gasteiger partial charge in [-0.1, -0.05) is 44.6 Å². The fraction of sp³-hybridized carbons (Fsp3) is 0.393. The molecule has 0 saturated carbocycles. The molecule has 0 aliphatic heterocycles. The molecule has 7 nitrogen and oxygen atoms in total. The maximum absolute atomic E-state index is 13.0. The van der Waals surface area contributed by atoms with E-state index in [1.54, 1.807) is 0 Å². The van der Waals surface area contributed by atoms with Crippen molar-refractivity contribution in [3.63, 3.8) is 0 Å². The van der Waals surface area contributed by atoms with E-state index in [1.807, 2.05) is 55.5 Å². The van der Waals surface area contributed by atoms with Crippen molar-refractivity contribution in [3.8, 4) is 28.6 Å². The van der Waals surface area contributed by atoms with Crippen LogP contribution in [0.3, 0.4) is 0 Å². The molecule has 0 N–H and O–H groups in total. The van der Waals surface area contributed by atoms with Crippen molar-refractivity contribution >= 4 is 22.4 Å². The third-order valence-electron chi connectivity index (χ3n) is 5.58. The third kappa shape index (κ3) is 6.23. The zero-order valence-corrected chi connectivity index (χ0v) is 22.1. The molecule has 4 aromatic rings. The summed E-state index contributed by atoms with van der Waals surface area (Å²) < 4.78 is 19.4. The molecule has 0 bridgehead atoms. The van der Waals surface area contributed by atoms with Crippen LogP contribution >= 0.6 is 11.3 Å². The second-order valence-electron chi connectivity index (χ2n) is 8.94. The summed E-state index contributed by atoms with van der Waals surface area (Å²) in [5, 5.41) is 4.46. The van der Waals surface area contributed by atoms with Gasteiger partial charge in [0.1, 0.15) is 5.75 Å². The summed E-state index contributed by atoms with van der Waals surface area (Å²) in [7, 11) is 0. The Morgan fingerprint density at radius 1 is 1.00 bits per heavy atom. The van der Waals surface area contributed by atoms with E-state index in [2.05, 4.69) is 30.9 Å². The molecule has 36 heavy (non-hydrogen) atoms. The van der Waals surface area contributed by atoms with Crippen molar-refractivity contribution in [3.05, 3.63) is 62.9 Å². The second-order valence-corrected chi connectivity index (χ2v) is 9.95. The number of unbranched alkanes of at least 4 members (excludes halogenated alkanes) is 1. The molecule has 0 spiro atoms. The van der Waals surface area contributed by atoms with Gasteiger partial charge in [-0.15, -0.1) is 5.10 Å². The SMILES string of the molecule is CCCCOc1ccc(-c2nc3s/c(=C\c4ccc(OCCC(C)C)c(OCC)c4)c(=O)n3n2)cc1. The van der Waals surface area contributed by atoms with Gasteiger partial charge in [0.05, 0.1) is 24.4 Å². The van der Waals surface area contributed by atoms with E-state index in [0.29, 0.717) is 52.6 Å². The van der Waals surface area contributed by atoms with Crippen molar-refractivity contribution < 1.29 is 14.2 Å². The van der Waals surface area contributed by atoms with E-state index < -0.39 is 0 Å². The van der Waals surface area contributed by atoms with E-state index in [-0.39, 0.29) is 5.56 Å². The van der Waals surface area contributed by atoms with Crippen molar-refractivity contribution in [1.29, 1.82) is 0 Å². The molecule has 0 unspecified atom stereocenters. The highest BCUT2D eigenvalue weighted by molar-refractivity contribution is 7.15. The van der Waals surface area contributed by atoms with E-state index in [4.69, 9.17) is 14.2 Å². The molecular formula is C28H33N3O4S. The Morgan fingerprint density at radius 3 is 2.50 bits per heavy atom. The molecular weight excluding hydrogens is 474 g/mol. The zero-order chi connectivity index (χ0) is 25.5. The number of nitrogens with zero attached hydrogens (tertiary/aromatic N) is 3. The van der Waals surface area contributed by atoms with Crippen molar-refractivity contribution in [2.75, 3.05) is 19.8 Å². The Kier molecular flexibility index (Phi) is 8.59. The topological polar surface area (TPSA) is 75.0 Å². The first kappa shape index (κ1) is 25.7. The Hall–Kier alpha value is -3.39. The Balaban J connectivity index is 1.55. The summed E-state index contributed by atoms with van der Waals surface area (Å²) in [5.74, 6) is 3.29. The number of fused-ring (bicyclic) bond motifs is 1. The zero-order valence-electron chi connectivity index (χ0n) is 21.3. The first-order chi connectivity index (χ1) is 17.5. The van der Waals surface area contributed by atoms with E-state index >= 15 is 0 Å². The molecule has 2 heterocycles. The quantitative estimate of drug-likeness (QED) is 0.240. The molecule has 4 rings (SSSR count). The number of thiazole rings is 1. The molecule has 0 atom stereocenters. The van der Waals surface area contributed by atoms with Crippen molar-refractivity contribution in [2.45, 2.75) is 47.0 Å². The fourth-order valence-corrected chi connectivity index (χ4v) is 4.46. The number of hydrogen-bond donors (Lipinski definition) is 0. The number of rotatable bonds is 12. The highest BCUT2D eigenvalue weighted by Crippen LogP contribution is 2.29. The normalized spacial score (nSPS) is 12.0. The van der Waals surface area contributed by atoms with Gasteiger partial charge in [0.25, 0.3) is 5.56 Å². The van der Waals surface area contributed by atoms with Gasteiger partial charge >= 0.3 is 0 Å². The van der Waals surface area contributed by atoms with Crippen LogP contribution in [0.25, 0.3) is 22.4 Å². The first-order valence-electron chi connectivity index (χ1n) is 12.5. The van der Waals surface area contributed by atoms with Crippen LogP contribution in [0.2, 0.25) is 0 Å². The lowest BCUT2D eigenvalue weighted by Crippen LogP contribution is -2.23. The van der Waals surface area contributed by atoms with Crippen LogP contribution in [0.5, 0.6) is 17.2 Å². The standard InChI is InChI=1S/C28H33N3O4S/c1-5-7-15-34-22-11-9-21(10-12-22)26-29-28-31(30-26)27(32)25(36-28)18-20-8-13-23(24(17-20)33-6-2)35-16-14-19(3)4/h8-13,17-19H,5-7,14-16H2,1-4H3/b25-18-. The van der Waals surface area contributed by atoms with Gasteiger partial charge in [0.15, 0.2) is 17.3 Å². The van der Waals surface area contributed by atoms with Gasteiger partial charge in [-0.25, -0.2) is 0 Å². The number of ether oxygens (including phenoxy) is 3. The molecule has 0 saturated heterocycles. The number of hydrogen-bond acceptors (Lipinski definition) is 7. The minimum Gasteiger partial charge on any atom is -0.494 e. The summed E-state index contributed by atoms with van der Waals surface area (Å²) in [6.45, 7) is 10.3. The summed E-state index contributed by atoms with van der Waals surface area (Å²) in [6, 6.07) is 13.4. The van der Waals surface area contributed by atoms with Crippen molar-refractivity contribution in [2.24, 2.45) is 5.92 Å². The van der Waals surface area contributed by atoms with Gasteiger partial charge in [0, 0.05) is 5.56 Å². The van der Waals surface area contributed by atoms with Crippen LogP contribution in [-0.2, 0) is 0 Å². The fourth-order valence-electron chi connectivity index (χ4n) is 3.55. The summed E-state index contributed by atoms with van der Waals surface area (Å²) >= 11 is 1.32. The average molecular weight is 508 g/mol.